The van der Waals surface area contributed by atoms with E-state index in [1.54, 1.807) is 0 Å². The van der Waals surface area contributed by atoms with Gasteiger partial charge in [0.1, 0.15) is 0 Å². The molecule has 0 radical (unpaired) electrons. The van der Waals surface area contributed by atoms with Gasteiger partial charge in [-0.15, -0.1) is 0 Å². The van der Waals surface area contributed by atoms with Gasteiger partial charge in [-0.3, -0.25) is 4.98 Å². The molecule has 0 amide bonds. The average molecular weight is 274 g/mol. The molecule has 0 aliphatic heterocycles. The Kier molecular flexibility index (Phi) is 5.20. The molecule has 0 saturated heterocycles. The van der Waals surface area contributed by atoms with E-state index in [0.717, 1.165) is 18.4 Å². The fourth-order valence-electron chi connectivity index (χ4n) is 3.35. The van der Waals surface area contributed by atoms with Crippen LogP contribution in [-0.2, 0) is 0 Å². The van der Waals surface area contributed by atoms with Crippen LogP contribution in [0.25, 0.3) is 0 Å². The van der Waals surface area contributed by atoms with Crippen LogP contribution in [-0.4, -0.2) is 11.5 Å². The Morgan fingerprint density at radius 2 is 1.75 bits per heavy atom. The molecule has 0 aromatic carbocycles. The number of nitrogens with zero attached hydrogens (tertiary/aromatic N) is 1. The van der Waals surface area contributed by atoms with Gasteiger partial charge in [0.25, 0.3) is 0 Å². The third-order valence-corrected chi connectivity index (χ3v) is 4.99. The summed E-state index contributed by atoms with van der Waals surface area (Å²) in [4.78, 5) is 4.08. The molecule has 2 heteroatoms. The van der Waals surface area contributed by atoms with E-state index >= 15 is 0 Å². The molecule has 1 aromatic heterocycles. The maximum absolute atomic E-state index is 4.08. The summed E-state index contributed by atoms with van der Waals surface area (Å²) in [5.74, 6) is 1.77. The summed E-state index contributed by atoms with van der Waals surface area (Å²) in [6, 6.07) is 4.64. The molecule has 20 heavy (non-hydrogen) atoms. The average Bonchev–Trinajstić information content (AvgIpc) is 2.45. The van der Waals surface area contributed by atoms with Gasteiger partial charge in [-0.1, -0.05) is 20.8 Å². The lowest BCUT2D eigenvalue weighted by Crippen LogP contribution is -2.31. The molecule has 2 rings (SSSR count). The smallest absolute Gasteiger partial charge is 0.0293 e. The first-order valence-electron chi connectivity index (χ1n) is 8.10. The fourth-order valence-corrected chi connectivity index (χ4v) is 3.35. The van der Waals surface area contributed by atoms with Crippen LogP contribution >= 0.6 is 0 Å². The molecular formula is C18H30N2. The van der Waals surface area contributed by atoms with Crippen molar-refractivity contribution in [2.24, 2.45) is 17.3 Å². The molecule has 1 aromatic rings. The Morgan fingerprint density at radius 3 is 2.30 bits per heavy atom. The zero-order chi connectivity index (χ0) is 14.6. The van der Waals surface area contributed by atoms with Gasteiger partial charge in [-0.2, -0.15) is 0 Å². The Bertz CT molecular complexity index is 386. The van der Waals surface area contributed by atoms with Gasteiger partial charge < -0.3 is 5.32 Å². The van der Waals surface area contributed by atoms with Gasteiger partial charge in [0.15, 0.2) is 0 Å². The second-order valence-corrected chi connectivity index (χ2v) is 7.49. The van der Waals surface area contributed by atoms with Gasteiger partial charge in [-0.05, 0) is 74.1 Å². The molecule has 1 saturated carbocycles. The third-order valence-electron chi connectivity index (χ3n) is 4.99. The number of hydrogen-bond acceptors (Lipinski definition) is 2. The summed E-state index contributed by atoms with van der Waals surface area (Å²) in [5, 5.41) is 3.69. The largest absolute Gasteiger partial charge is 0.310 e. The minimum atomic E-state index is 0.429. The van der Waals surface area contributed by atoms with E-state index in [1.165, 1.54) is 31.2 Å². The number of hydrogen-bond donors (Lipinski definition) is 1. The molecule has 1 atom stereocenters. The lowest BCUT2D eigenvalue weighted by atomic mass is 9.70. The van der Waals surface area contributed by atoms with Crippen molar-refractivity contribution in [2.45, 2.75) is 59.4 Å². The van der Waals surface area contributed by atoms with Crippen LogP contribution in [0.3, 0.4) is 0 Å². The van der Waals surface area contributed by atoms with Crippen LogP contribution in [0.15, 0.2) is 24.5 Å². The van der Waals surface area contributed by atoms with Crippen LogP contribution in [0.5, 0.6) is 0 Å². The van der Waals surface area contributed by atoms with E-state index in [0.29, 0.717) is 11.5 Å². The van der Waals surface area contributed by atoms with Crippen molar-refractivity contribution in [2.75, 3.05) is 6.54 Å². The lowest BCUT2D eigenvalue weighted by Gasteiger charge is -2.37. The predicted octanol–water partition coefficient (Wildman–Crippen LogP) is 4.58. The van der Waals surface area contributed by atoms with Crippen LogP contribution < -0.4 is 5.32 Å². The van der Waals surface area contributed by atoms with Gasteiger partial charge in [0.2, 0.25) is 0 Å². The molecule has 1 aliphatic carbocycles. The van der Waals surface area contributed by atoms with Crippen LogP contribution in [0.1, 0.15) is 65.0 Å². The summed E-state index contributed by atoms with van der Waals surface area (Å²) in [5.41, 5.74) is 1.83. The van der Waals surface area contributed by atoms with Crippen molar-refractivity contribution >= 4 is 0 Å². The van der Waals surface area contributed by atoms with E-state index < -0.39 is 0 Å². The highest BCUT2D eigenvalue weighted by atomic mass is 14.9. The first-order valence-corrected chi connectivity index (χ1v) is 8.10. The SMILES string of the molecule is C[C@H](NCC1CCC(C(C)(C)C)CC1)c1ccncc1. The molecule has 1 heterocycles. The van der Waals surface area contributed by atoms with Crippen molar-refractivity contribution in [1.29, 1.82) is 0 Å². The Balaban J connectivity index is 1.74. The molecule has 0 spiro atoms. The molecular weight excluding hydrogens is 244 g/mol. The highest BCUT2D eigenvalue weighted by Gasteiger charge is 2.29. The van der Waals surface area contributed by atoms with Crippen LogP contribution in [0.4, 0.5) is 0 Å². The molecule has 1 N–H and O–H groups in total. The summed E-state index contributed by atoms with van der Waals surface area (Å²) in [6.07, 6.45) is 9.33. The maximum atomic E-state index is 4.08. The summed E-state index contributed by atoms with van der Waals surface area (Å²) in [7, 11) is 0. The summed E-state index contributed by atoms with van der Waals surface area (Å²) < 4.78 is 0. The molecule has 2 nitrogen and oxygen atoms in total. The van der Waals surface area contributed by atoms with Gasteiger partial charge in [0, 0.05) is 18.4 Å². The molecule has 0 bridgehead atoms. The monoisotopic (exact) mass is 274 g/mol. The molecule has 112 valence electrons. The van der Waals surface area contributed by atoms with Gasteiger partial charge in [0.05, 0.1) is 0 Å². The quantitative estimate of drug-likeness (QED) is 0.869. The van der Waals surface area contributed by atoms with Crippen molar-refractivity contribution < 1.29 is 0 Å². The van der Waals surface area contributed by atoms with E-state index in [9.17, 15) is 0 Å². The Hall–Kier alpha value is -0.890. The standard InChI is InChI=1S/C18H30N2/c1-14(16-9-11-19-12-10-16)20-13-15-5-7-17(8-6-15)18(2,3)4/h9-12,14-15,17,20H,5-8,13H2,1-4H3/t14-,15?,17?/m0/s1. The number of nitrogens with one attached hydrogen (secondary N) is 1. The normalized spacial score (nSPS) is 25.4. The first-order chi connectivity index (χ1) is 9.47. The van der Waals surface area contributed by atoms with Crippen LogP contribution in [0, 0.1) is 17.3 Å². The fraction of sp³-hybridized carbons (Fsp3) is 0.722. The van der Waals surface area contributed by atoms with Crippen molar-refractivity contribution in [3.8, 4) is 0 Å². The Morgan fingerprint density at radius 1 is 1.15 bits per heavy atom. The molecule has 0 unspecified atom stereocenters. The van der Waals surface area contributed by atoms with E-state index in [1.807, 2.05) is 12.4 Å². The number of rotatable bonds is 4. The zero-order valence-corrected chi connectivity index (χ0v) is 13.5. The second-order valence-electron chi connectivity index (χ2n) is 7.49. The van der Waals surface area contributed by atoms with Crippen molar-refractivity contribution in [3.05, 3.63) is 30.1 Å². The van der Waals surface area contributed by atoms with Crippen molar-refractivity contribution in [3.63, 3.8) is 0 Å². The summed E-state index contributed by atoms with van der Waals surface area (Å²) >= 11 is 0. The zero-order valence-electron chi connectivity index (χ0n) is 13.5. The Labute approximate surface area is 124 Å². The minimum absolute atomic E-state index is 0.429. The van der Waals surface area contributed by atoms with Gasteiger partial charge >= 0.3 is 0 Å². The van der Waals surface area contributed by atoms with Crippen molar-refractivity contribution in [1.82, 2.24) is 10.3 Å². The second kappa shape index (κ2) is 6.71. The number of aromatic nitrogens is 1. The molecule has 1 aliphatic rings. The number of pyridine rings is 1. The maximum Gasteiger partial charge on any atom is 0.0293 e. The van der Waals surface area contributed by atoms with E-state index in [-0.39, 0.29) is 0 Å². The first kappa shape index (κ1) is 15.5. The highest BCUT2D eigenvalue weighted by molar-refractivity contribution is 5.13. The topological polar surface area (TPSA) is 24.9 Å². The molecule has 1 fully saturated rings. The van der Waals surface area contributed by atoms with E-state index in [4.69, 9.17) is 0 Å². The lowest BCUT2D eigenvalue weighted by molar-refractivity contribution is 0.148. The van der Waals surface area contributed by atoms with Gasteiger partial charge in [-0.25, -0.2) is 0 Å². The van der Waals surface area contributed by atoms with Crippen LogP contribution in [0.2, 0.25) is 0 Å². The minimum Gasteiger partial charge on any atom is -0.310 e. The van der Waals surface area contributed by atoms with E-state index in [2.05, 4.69) is 50.1 Å². The highest BCUT2D eigenvalue weighted by Crippen LogP contribution is 2.39. The predicted molar refractivity (Wildman–Crippen MR) is 85.6 cm³/mol. The summed E-state index contributed by atoms with van der Waals surface area (Å²) in [6.45, 7) is 10.6. The third kappa shape index (κ3) is 4.31.